The lowest BCUT2D eigenvalue weighted by atomic mass is 10.0. The van der Waals surface area contributed by atoms with E-state index in [9.17, 15) is 9.59 Å². The van der Waals surface area contributed by atoms with Crippen molar-refractivity contribution in [3.8, 4) is 5.69 Å². The van der Waals surface area contributed by atoms with Gasteiger partial charge in [-0.05, 0) is 38.8 Å². The number of hydrogen-bond acceptors (Lipinski definition) is 4. The van der Waals surface area contributed by atoms with Crippen LogP contribution < -0.4 is 5.56 Å². The summed E-state index contributed by atoms with van der Waals surface area (Å²) in [6, 6.07) is 10.5. The molecule has 134 valence electrons. The second-order valence-electron chi connectivity index (χ2n) is 6.57. The maximum absolute atomic E-state index is 13.1. The van der Waals surface area contributed by atoms with Gasteiger partial charge in [-0.2, -0.15) is 0 Å². The predicted molar refractivity (Wildman–Crippen MR) is 95.4 cm³/mol. The number of H-pyrrole nitrogens is 1. The number of nitrogens with one attached hydrogen (secondary N) is 1. The average molecular weight is 352 g/mol. The molecule has 3 aromatic rings. The summed E-state index contributed by atoms with van der Waals surface area (Å²) >= 11 is 0. The van der Waals surface area contributed by atoms with Crippen molar-refractivity contribution in [2.75, 3.05) is 6.54 Å². The van der Waals surface area contributed by atoms with Crippen LogP contribution in [-0.2, 0) is 0 Å². The molecule has 0 spiro atoms. The molecule has 3 heterocycles. The summed E-state index contributed by atoms with van der Waals surface area (Å²) < 4.78 is 6.66. The minimum absolute atomic E-state index is 0.0719. The van der Waals surface area contributed by atoms with Crippen LogP contribution in [-0.4, -0.2) is 32.3 Å². The molecule has 1 amide bonds. The van der Waals surface area contributed by atoms with Gasteiger partial charge in [-0.25, -0.2) is 4.68 Å². The molecule has 1 saturated heterocycles. The van der Waals surface area contributed by atoms with Crippen LogP contribution in [0.3, 0.4) is 0 Å². The van der Waals surface area contributed by atoms with E-state index in [4.69, 9.17) is 4.52 Å². The molecule has 1 aromatic carbocycles. The Morgan fingerprint density at radius 2 is 2.04 bits per heavy atom. The van der Waals surface area contributed by atoms with E-state index in [2.05, 4.69) is 10.3 Å². The van der Waals surface area contributed by atoms with Gasteiger partial charge in [0.2, 0.25) is 0 Å². The minimum Gasteiger partial charge on any atom is -0.361 e. The maximum Gasteiger partial charge on any atom is 0.272 e. The first kappa shape index (κ1) is 16.4. The molecule has 1 N–H and O–H groups in total. The molecular formula is C19H20N4O3. The Morgan fingerprint density at radius 3 is 2.73 bits per heavy atom. The normalized spacial score (nSPS) is 17.0. The van der Waals surface area contributed by atoms with Crippen molar-refractivity contribution in [1.82, 2.24) is 19.8 Å². The number of amides is 1. The molecule has 1 aliphatic heterocycles. The standard InChI is InChI=1S/C19H20N4O3/c1-12-18(13(2)26-21-12)16-9-6-10-22(16)19(25)15-11-17(24)23(20-15)14-7-4-3-5-8-14/h3-5,7-8,11,16,20H,6,9-10H2,1-2H3/t16-/m1/s1. The Balaban J connectivity index is 1.67. The van der Waals surface area contributed by atoms with Crippen LogP contribution in [0.2, 0.25) is 0 Å². The second kappa shape index (κ2) is 6.33. The molecule has 7 nitrogen and oxygen atoms in total. The lowest BCUT2D eigenvalue weighted by Crippen LogP contribution is -2.31. The van der Waals surface area contributed by atoms with E-state index in [-0.39, 0.29) is 23.2 Å². The van der Waals surface area contributed by atoms with Crippen molar-refractivity contribution in [3.05, 3.63) is 69.5 Å². The van der Waals surface area contributed by atoms with Gasteiger partial charge in [0.15, 0.2) is 0 Å². The number of hydrogen-bond donors (Lipinski definition) is 1. The smallest absolute Gasteiger partial charge is 0.272 e. The molecule has 1 atom stereocenters. The number of aromatic amines is 1. The third kappa shape index (κ3) is 2.65. The van der Waals surface area contributed by atoms with Crippen molar-refractivity contribution >= 4 is 5.91 Å². The van der Waals surface area contributed by atoms with Gasteiger partial charge in [0.1, 0.15) is 11.5 Å². The SMILES string of the molecule is Cc1noc(C)c1[C@H]1CCCN1C(=O)c1cc(=O)n(-c2ccccc2)[nH]1. The van der Waals surface area contributed by atoms with Gasteiger partial charge in [-0.3, -0.25) is 14.7 Å². The minimum atomic E-state index is -0.257. The van der Waals surface area contributed by atoms with Gasteiger partial charge in [-0.1, -0.05) is 23.4 Å². The van der Waals surface area contributed by atoms with Crippen molar-refractivity contribution < 1.29 is 9.32 Å². The third-order valence-electron chi connectivity index (χ3n) is 4.90. The lowest BCUT2D eigenvalue weighted by Gasteiger charge is -2.24. The Morgan fingerprint density at radius 1 is 1.27 bits per heavy atom. The quantitative estimate of drug-likeness (QED) is 0.785. The zero-order valence-electron chi connectivity index (χ0n) is 14.7. The van der Waals surface area contributed by atoms with Crippen LogP contribution in [0.1, 0.15) is 46.4 Å². The van der Waals surface area contributed by atoms with E-state index in [0.717, 1.165) is 29.9 Å². The van der Waals surface area contributed by atoms with Crippen LogP contribution in [0.15, 0.2) is 45.7 Å². The van der Waals surface area contributed by atoms with Crippen LogP contribution in [0, 0.1) is 13.8 Å². The summed E-state index contributed by atoms with van der Waals surface area (Å²) in [6.45, 7) is 4.40. The van der Waals surface area contributed by atoms with Gasteiger partial charge in [0.05, 0.1) is 17.4 Å². The number of benzene rings is 1. The zero-order chi connectivity index (χ0) is 18.3. The fourth-order valence-corrected chi connectivity index (χ4v) is 3.70. The van der Waals surface area contributed by atoms with Crippen LogP contribution >= 0.6 is 0 Å². The molecule has 1 aliphatic rings. The molecule has 0 unspecified atom stereocenters. The molecule has 0 bridgehead atoms. The summed E-state index contributed by atoms with van der Waals surface area (Å²) in [6.07, 6.45) is 1.77. The first-order valence-electron chi connectivity index (χ1n) is 8.67. The van der Waals surface area contributed by atoms with Crippen molar-refractivity contribution in [2.45, 2.75) is 32.7 Å². The number of carbonyl (C=O) groups excluding carboxylic acids is 1. The Kier molecular flexibility index (Phi) is 3.99. The zero-order valence-corrected chi connectivity index (χ0v) is 14.7. The number of aromatic nitrogens is 3. The Hall–Kier alpha value is -3.09. The van der Waals surface area contributed by atoms with E-state index in [0.29, 0.717) is 12.2 Å². The van der Waals surface area contributed by atoms with Gasteiger partial charge < -0.3 is 9.42 Å². The van der Waals surface area contributed by atoms with E-state index in [1.165, 1.54) is 10.7 Å². The van der Waals surface area contributed by atoms with Gasteiger partial charge in [-0.15, -0.1) is 0 Å². The highest BCUT2D eigenvalue weighted by molar-refractivity contribution is 5.92. The van der Waals surface area contributed by atoms with Gasteiger partial charge in [0, 0.05) is 18.2 Å². The molecule has 0 saturated carbocycles. The number of aryl methyl sites for hydroxylation is 2. The second-order valence-corrected chi connectivity index (χ2v) is 6.57. The highest BCUT2D eigenvalue weighted by atomic mass is 16.5. The van der Waals surface area contributed by atoms with E-state index < -0.39 is 0 Å². The fourth-order valence-electron chi connectivity index (χ4n) is 3.70. The first-order chi connectivity index (χ1) is 12.6. The van der Waals surface area contributed by atoms with Gasteiger partial charge >= 0.3 is 0 Å². The van der Waals surface area contributed by atoms with Crippen LogP contribution in [0.5, 0.6) is 0 Å². The largest absolute Gasteiger partial charge is 0.361 e. The number of rotatable bonds is 3. The van der Waals surface area contributed by atoms with E-state index in [1.54, 1.807) is 4.90 Å². The highest BCUT2D eigenvalue weighted by Crippen LogP contribution is 2.36. The van der Waals surface area contributed by atoms with E-state index in [1.807, 2.05) is 44.2 Å². The number of nitrogens with zero attached hydrogens (tertiary/aromatic N) is 3. The summed E-state index contributed by atoms with van der Waals surface area (Å²) in [4.78, 5) is 27.2. The molecular weight excluding hydrogens is 332 g/mol. The first-order valence-corrected chi connectivity index (χ1v) is 8.67. The van der Waals surface area contributed by atoms with Crippen molar-refractivity contribution in [3.63, 3.8) is 0 Å². The summed E-state index contributed by atoms with van der Waals surface area (Å²) in [5.41, 5.74) is 2.51. The third-order valence-corrected chi connectivity index (χ3v) is 4.90. The van der Waals surface area contributed by atoms with Crippen molar-refractivity contribution in [1.29, 1.82) is 0 Å². The van der Waals surface area contributed by atoms with E-state index >= 15 is 0 Å². The molecule has 0 radical (unpaired) electrons. The maximum atomic E-state index is 13.1. The molecule has 7 heteroatoms. The van der Waals surface area contributed by atoms with Gasteiger partial charge in [0.25, 0.3) is 11.5 Å². The Bertz CT molecular complexity index is 980. The molecule has 4 rings (SSSR count). The number of carbonyl (C=O) groups is 1. The number of likely N-dealkylation sites (tertiary alicyclic amines) is 1. The molecule has 26 heavy (non-hydrogen) atoms. The predicted octanol–water partition coefficient (Wildman–Crippen LogP) is 2.75. The summed E-state index contributed by atoms with van der Waals surface area (Å²) in [5, 5.41) is 6.95. The fraction of sp³-hybridized carbons (Fsp3) is 0.316. The highest BCUT2D eigenvalue weighted by Gasteiger charge is 2.35. The average Bonchev–Trinajstić information content (AvgIpc) is 3.34. The lowest BCUT2D eigenvalue weighted by molar-refractivity contribution is 0.0728. The van der Waals surface area contributed by atoms with Crippen LogP contribution in [0.4, 0.5) is 0 Å². The summed E-state index contributed by atoms with van der Waals surface area (Å²) in [7, 11) is 0. The van der Waals surface area contributed by atoms with Crippen LogP contribution in [0.25, 0.3) is 5.69 Å². The number of para-hydroxylation sites is 1. The summed E-state index contributed by atoms with van der Waals surface area (Å²) in [5.74, 6) is 0.557. The molecule has 1 fully saturated rings. The van der Waals surface area contributed by atoms with Crippen molar-refractivity contribution in [2.24, 2.45) is 0 Å². The monoisotopic (exact) mass is 352 g/mol. The molecule has 2 aromatic heterocycles. The Labute approximate surface area is 150 Å². The molecule has 0 aliphatic carbocycles. The topological polar surface area (TPSA) is 84.1 Å².